The highest BCUT2D eigenvalue weighted by Crippen LogP contribution is 2.44. The molecule has 0 aliphatic carbocycles. The van der Waals surface area contributed by atoms with Crippen LogP contribution in [0.3, 0.4) is 0 Å². The highest BCUT2D eigenvalue weighted by Gasteiger charge is 2.20. The highest BCUT2D eigenvalue weighted by molar-refractivity contribution is 6.21. The molecule has 0 spiro atoms. The van der Waals surface area contributed by atoms with Crippen LogP contribution in [-0.2, 0) is 0 Å². The van der Waals surface area contributed by atoms with Crippen LogP contribution in [0.5, 0.6) is 0 Å². The van der Waals surface area contributed by atoms with Crippen molar-refractivity contribution in [1.29, 1.82) is 0 Å². The summed E-state index contributed by atoms with van der Waals surface area (Å²) in [5.41, 5.74) is 11.1. The molecule has 7 aromatic carbocycles. The van der Waals surface area contributed by atoms with E-state index in [2.05, 4.69) is 137 Å². The van der Waals surface area contributed by atoms with Crippen LogP contribution in [0.4, 0.5) is 17.1 Å². The van der Waals surface area contributed by atoms with Crippen molar-refractivity contribution in [3.8, 4) is 22.3 Å². The average Bonchev–Trinajstić information content (AvgIpc) is 3.75. The third kappa shape index (κ3) is 4.42. The molecule has 49 heavy (non-hydrogen) atoms. The predicted octanol–water partition coefficient (Wildman–Crippen LogP) is 12.8. The number of para-hydroxylation sites is 3. The Balaban J connectivity index is 1.14. The molecular weight excluding hydrogens is 601 g/mol. The second-order valence-electron chi connectivity index (χ2n) is 12.4. The lowest BCUT2D eigenvalue weighted by atomic mass is 9.96. The minimum Gasteiger partial charge on any atom is -0.456 e. The van der Waals surface area contributed by atoms with E-state index in [0.717, 1.165) is 82.8 Å². The van der Waals surface area contributed by atoms with Gasteiger partial charge in [-0.3, -0.25) is 4.98 Å². The summed E-state index contributed by atoms with van der Waals surface area (Å²) >= 11 is 0. The Morgan fingerprint density at radius 1 is 0.429 bits per heavy atom. The van der Waals surface area contributed by atoms with Gasteiger partial charge in [0.2, 0.25) is 0 Å². The Morgan fingerprint density at radius 2 is 1.06 bits per heavy atom. The SMILES string of the molecule is c1ccc(-c2ccc(N(c3ccc(-c4cc5oc6ccccc6c5c5cnccc45)cc3)c3cccc4c3oc3ccccc34)cc2)cc1. The second kappa shape index (κ2) is 11.0. The van der Waals surface area contributed by atoms with Crippen molar-refractivity contribution >= 4 is 71.7 Å². The van der Waals surface area contributed by atoms with E-state index in [1.54, 1.807) is 0 Å². The fraction of sp³-hybridized carbons (Fsp3) is 0. The molecule has 0 bridgehead atoms. The van der Waals surface area contributed by atoms with E-state index in [1.807, 2.05) is 42.7 Å². The van der Waals surface area contributed by atoms with Gasteiger partial charge < -0.3 is 13.7 Å². The summed E-state index contributed by atoms with van der Waals surface area (Å²) in [6, 6.07) is 55.1. The molecule has 0 unspecified atom stereocenters. The van der Waals surface area contributed by atoms with E-state index in [9.17, 15) is 0 Å². The van der Waals surface area contributed by atoms with Gasteiger partial charge in [0.1, 0.15) is 16.7 Å². The van der Waals surface area contributed by atoms with Crippen molar-refractivity contribution in [2.75, 3.05) is 4.90 Å². The molecule has 4 nitrogen and oxygen atoms in total. The van der Waals surface area contributed by atoms with Gasteiger partial charge in [0.25, 0.3) is 0 Å². The van der Waals surface area contributed by atoms with Crippen LogP contribution in [-0.4, -0.2) is 4.98 Å². The standard InChI is InChI=1S/C45H28N2O2/c1-2-9-29(10-3-1)30-17-21-32(22-18-30)47(40-14-8-13-36-35-11-4-6-15-41(35)49-45(36)40)33-23-19-31(20-24-33)38-27-43-44(39-28-46-26-25-34(38)39)37-12-5-7-16-42(37)48-43/h1-28H. The summed E-state index contributed by atoms with van der Waals surface area (Å²) in [6.45, 7) is 0. The fourth-order valence-corrected chi connectivity index (χ4v) is 7.28. The number of rotatable bonds is 5. The monoisotopic (exact) mass is 628 g/mol. The lowest BCUT2D eigenvalue weighted by molar-refractivity contribution is 0.669. The Labute approximate surface area is 282 Å². The third-order valence-electron chi connectivity index (χ3n) is 9.57. The molecular formula is C45H28N2O2. The minimum absolute atomic E-state index is 0.855. The molecule has 0 aliphatic rings. The number of anilines is 3. The maximum absolute atomic E-state index is 6.55. The molecule has 3 heterocycles. The summed E-state index contributed by atoms with van der Waals surface area (Å²) < 4.78 is 12.9. The summed E-state index contributed by atoms with van der Waals surface area (Å²) in [5, 5.41) is 6.63. The molecule has 0 N–H and O–H groups in total. The number of hydrogen-bond acceptors (Lipinski definition) is 4. The van der Waals surface area contributed by atoms with Gasteiger partial charge in [-0.2, -0.15) is 0 Å². The normalized spacial score (nSPS) is 11.7. The topological polar surface area (TPSA) is 42.4 Å². The van der Waals surface area contributed by atoms with Crippen LogP contribution < -0.4 is 4.90 Å². The van der Waals surface area contributed by atoms with Crippen molar-refractivity contribution < 1.29 is 8.83 Å². The van der Waals surface area contributed by atoms with Crippen molar-refractivity contribution in [2.24, 2.45) is 0 Å². The number of benzene rings is 7. The van der Waals surface area contributed by atoms with Gasteiger partial charge in [-0.1, -0.05) is 103 Å². The van der Waals surface area contributed by atoms with Crippen LogP contribution in [0.25, 0.3) is 76.9 Å². The molecule has 4 heteroatoms. The van der Waals surface area contributed by atoms with Crippen LogP contribution in [0.15, 0.2) is 179 Å². The Kier molecular flexibility index (Phi) is 6.15. The molecule has 230 valence electrons. The van der Waals surface area contributed by atoms with E-state index in [4.69, 9.17) is 8.83 Å². The first-order valence-corrected chi connectivity index (χ1v) is 16.4. The first-order valence-electron chi connectivity index (χ1n) is 16.4. The molecule has 3 aromatic heterocycles. The van der Waals surface area contributed by atoms with Crippen molar-refractivity contribution in [3.63, 3.8) is 0 Å². The van der Waals surface area contributed by atoms with Crippen LogP contribution in [0.1, 0.15) is 0 Å². The fourth-order valence-electron chi connectivity index (χ4n) is 7.28. The van der Waals surface area contributed by atoms with E-state index in [1.165, 1.54) is 11.1 Å². The van der Waals surface area contributed by atoms with E-state index < -0.39 is 0 Å². The third-order valence-corrected chi connectivity index (χ3v) is 9.57. The first kappa shape index (κ1) is 27.5. The zero-order chi connectivity index (χ0) is 32.3. The Bertz CT molecular complexity index is 2810. The minimum atomic E-state index is 0.855. The zero-order valence-electron chi connectivity index (χ0n) is 26.4. The van der Waals surface area contributed by atoms with Crippen LogP contribution in [0.2, 0.25) is 0 Å². The number of nitrogens with zero attached hydrogens (tertiary/aromatic N) is 2. The number of hydrogen-bond donors (Lipinski definition) is 0. The molecule has 0 amide bonds. The molecule has 0 saturated heterocycles. The van der Waals surface area contributed by atoms with Gasteiger partial charge in [0.15, 0.2) is 5.58 Å². The molecule has 10 aromatic rings. The van der Waals surface area contributed by atoms with Gasteiger partial charge >= 0.3 is 0 Å². The van der Waals surface area contributed by atoms with Crippen molar-refractivity contribution in [2.45, 2.75) is 0 Å². The van der Waals surface area contributed by atoms with Gasteiger partial charge in [-0.15, -0.1) is 0 Å². The number of fused-ring (bicyclic) bond motifs is 8. The molecule has 0 radical (unpaired) electrons. The van der Waals surface area contributed by atoms with Crippen molar-refractivity contribution in [3.05, 3.63) is 170 Å². The summed E-state index contributed by atoms with van der Waals surface area (Å²) in [7, 11) is 0. The summed E-state index contributed by atoms with van der Waals surface area (Å²) in [4.78, 5) is 6.78. The largest absolute Gasteiger partial charge is 0.456 e. The Morgan fingerprint density at radius 3 is 1.84 bits per heavy atom. The molecule has 10 rings (SSSR count). The second-order valence-corrected chi connectivity index (χ2v) is 12.4. The zero-order valence-corrected chi connectivity index (χ0v) is 26.4. The molecule has 0 saturated carbocycles. The molecule has 0 fully saturated rings. The van der Waals surface area contributed by atoms with Crippen molar-refractivity contribution in [1.82, 2.24) is 4.98 Å². The smallest absolute Gasteiger partial charge is 0.159 e. The lowest BCUT2D eigenvalue weighted by Gasteiger charge is -2.26. The Hall–Kier alpha value is -6.65. The maximum Gasteiger partial charge on any atom is 0.159 e. The van der Waals surface area contributed by atoms with Crippen LogP contribution >= 0.6 is 0 Å². The number of furan rings is 2. The maximum atomic E-state index is 6.55. The average molecular weight is 629 g/mol. The quantitative estimate of drug-likeness (QED) is 0.190. The summed E-state index contributed by atoms with van der Waals surface area (Å²) in [6.07, 6.45) is 3.81. The van der Waals surface area contributed by atoms with Gasteiger partial charge in [-0.05, 0) is 82.2 Å². The first-order chi connectivity index (χ1) is 24.3. The predicted molar refractivity (Wildman–Crippen MR) is 202 cm³/mol. The van der Waals surface area contributed by atoms with Crippen LogP contribution in [0, 0.1) is 0 Å². The number of pyridine rings is 1. The van der Waals surface area contributed by atoms with Gasteiger partial charge in [0.05, 0.1) is 5.69 Å². The lowest BCUT2D eigenvalue weighted by Crippen LogP contribution is -2.10. The van der Waals surface area contributed by atoms with Gasteiger partial charge in [0, 0.05) is 50.7 Å². The molecule has 0 atom stereocenters. The van der Waals surface area contributed by atoms with Gasteiger partial charge in [-0.25, -0.2) is 0 Å². The van der Waals surface area contributed by atoms with E-state index in [0.29, 0.717) is 0 Å². The highest BCUT2D eigenvalue weighted by atomic mass is 16.3. The number of aromatic nitrogens is 1. The van der Waals surface area contributed by atoms with E-state index in [-0.39, 0.29) is 0 Å². The molecule has 0 aliphatic heterocycles. The summed E-state index contributed by atoms with van der Waals surface area (Å²) in [5.74, 6) is 0. The van der Waals surface area contributed by atoms with E-state index >= 15 is 0 Å².